The van der Waals surface area contributed by atoms with Crippen LogP contribution >= 0.6 is 0 Å². The molecule has 3 aromatic rings. The Morgan fingerprint density at radius 1 is 1.14 bits per heavy atom. The Bertz CT molecular complexity index is 925. The van der Waals surface area contributed by atoms with Crippen LogP contribution in [0.3, 0.4) is 0 Å². The molecule has 154 valence electrons. The van der Waals surface area contributed by atoms with Gasteiger partial charge in [0.2, 0.25) is 5.88 Å². The number of hydrogen-bond donors (Lipinski definition) is 1. The molecule has 0 spiro atoms. The Kier molecular flexibility index (Phi) is 7.01. The van der Waals surface area contributed by atoms with Gasteiger partial charge in [0, 0.05) is 25.7 Å². The van der Waals surface area contributed by atoms with Crippen molar-refractivity contribution in [1.29, 1.82) is 0 Å². The first-order valence-corrected chi connectivity index (χ1v) is 9.93. The first kappa shape index (κ1) is 21.0. The van der Waals surface area contributed by atoms with Crippen LogP contribution in [0.1, 0.15) is 25.8 Å². The lowest BCUT2D eigenvalue weighted by Gasteiger charge is -2.23. The maximum atomic E-state index is 14.2. The molecule has 0 radical (unpaired) electrons. The number of aromatic nitrogens is 2. The first-order valence-electron chi connectivity index (χ1n) is 9.93. The molecule has 0 saturated heterocycles. The van der Waals surface area contributed by atoms with Crippen LogP contribution in [0.2, 0.25) is 0 Å². The van der Waals surface area contributed by atoms with E-state index < -0.39 is 11.9 Å². The fourth-order valence-corrected chi connectivity index (χ4v) is 3.43. The lowest BCUT2D eigenvalue weighted by Crippen LogP contribution is -2.31. The van der Waals surface area contributed by atoms with Crippen molar-refractivity contribution in [2.75, 3.05) is 13.1 Å². The van der Waals surface area contributed by atoms with E-state index >= 15 is 0 Å². The van der Waals surface area contributed by atoms with E-state index in [9.17, 15) is 9.50 Å². The zero-order valence-corrected chi connectivity index (χ0v) is 17.2. The zero-order chi connectivity index (χ0) is 20.8. The summed E-state index contributed by atoms with van der Waals surface area (Å²) in [5.74, 6) is 0.241. The van der Waals surface area contributed by atoms with E-state index in [2.05, 4.69) is 16.9 Å². The van der Waals surface area contributed by atoms with Crippen LogP contribution in [-0.4, -0.2) is 39.0 Å². The summed E-state index contributed by atoms with van der Waals surface area (Å²) in [5.41, 5.74) is 2.64. The number of aryl methyl sites for hydroxylation is 1. The van der Waals surface area contributed by atoms with E-state index in [1.54, 1.807) is 36.9 Å². The van der Waals surface area contributed by atoms with Crippen LogP contribution < -0.4 is 4.74 Å². The van der Waals surface area contributed by atoms with Crippen LogP contribution in [0.25, 0.3) is 11.3 Å². The summed E-state index contributed by atoms with van der Waals surface area (Å²) in [6.45, 7) is 5.79. The van der Waals surface area contributed by atoms with Gasteiger partial charge >= 0.3 is 0 Å². The largest absolute Gasteiger partial charge is 0.436 e. The Morgan fingerprint density at radius 2 is 1.83 bits per heavy atom. The van der Waals surface area contributed by atoms with Crippen LogP contribution in [0.5, 0.6) is 11.6 Å². The van der Waals surface area contributed by atoms with Crippen molar-refractivity contribution in [2.45, 2.75) is 32.9 Å². The molecule has 2 aromatic carbocycles. The molecule has 0 aliphatic carbocycles. The topological polar surface area (TPSA) is 50.5 Å². The summed E-state index contributed by atoms with van der Waals surface area (Å²) < 4.78 is 21.9. The van der Waals surface area contributed by atoms with E-state index in [4.69, 9.17) is 4.74 Å². The monoisotopic (exact) mass is 397 g/mol. The van der Waals surface area contributed by atoms with Crippen LogP contribution in [0.4, 0.5) is 4.39 Å². The van der Waals surface area contributed by atoms with E-state index in [1.807, 2.05) is 30.3 Å². The predicted octanol–water partition coefficient (Wildman–Crippen LogP) is 4.61. The van der Waals surface area contributed by atoms with Crippen molar-refractivity contribution in [3.8, 4) is 22.9 Å². The molecule has 3 rings (SSSR count). The van der Waals surface area contributed by atoms with Crippen LogP contribution in [0, 0.1) is 5.82 Å². The molecule has 29 heavy (non-hydrogen) atoms. The zero-order valence-electron chi connectivity index (χ0n) is 17.2. The minimum absolute atomic E-state index is 0.161. The number of halogens is 1. The second kappa shape index (κ2) is 9.67. The lowest BCUT2D eigenvalue weighted by molar-refractivity contribution is 0.122. The minimum Gasteiger partial charge on any atom is -0.436 e. The molecule has 1 atom stereocenters. The van der Waals surface area contributed by atoms with Crippen molar-refractivity contribution in [2.24, 2.45) is 7.05 Å². The number of aliphatic hydroxyl groups excluding tert-OH is 1. The highest BCUT2D eigenvalue weighted by Gasteiger charge is 2.23. The maximum Gasteiger partial charge on any atom is 0.222 e. The Morgan fingerprint density at radius 3 is 2.48 bits per heavy atom. The molecule has 6 heteroatoms. The second-order valence-electron chi connectivity index (χ2n) is 7.24. The van der Waals surface area contributed by atoms with Gasteiger partial charge in [-0.15, -0.1) is 0 Å². The molecule has 5 nitrogen and oxygen atoms in total. The molecular weight excluding hydrogens is 369 g/mol. The summed E-state index contributed by atoms with van der Waals surface area (Å²) in [5, 5.41) is 14.6. The van der Waals surface area contributed by atoms with Gasteiger partial charge in [-0.25, -0.2) is 9.07 Å². The third-order valence-electron chi connectivity index (χ3n) is 4.62. The fraction of sp³-hybridized carbons (Fsp3) is 0.348. The van der Waals surface area contributed by atoms with Gasteiger partial charge in [0.1, 0.15) is 5.69 Å². The molecule has 1 heterocycles. The normalized spacial score (nSPS) is 12.3. The van der Waals surface area contributed by atoms with Gasteiger partial charge in [0.15, 0.2) is 11.6 Å². The highest BCUT2D eigenvalue weighted by Crippen LogP contribution is 2.34. The average Bonchev–Trinajstić information content (AvgIpc) is 2.99. The Hall–Kier alpha value is -2.70. The van der Waals surface area contributed by atoms with Crippen molar-refractivity contribution in [3.63, 3.8) is 0 Å². The average molecular weight is 397 g/mol. The molecule has 0 unspecified atom stereocenters. The minimum atomic E-state index is -0.450. The molecule has 0 fully saturated rings. The summed E-state index contributed by atoms with van der Waals surface area (Å²) in [4.78, 5) is 2.17. The number of benzene rings is 2. The predicted molar refractivity (Wildman–Crippen MR) is 112 cm³/mol. The van der Waals surface area contributed by atoms with Gasteiger partial charge in [0.25, 0.3) is 0 Å². The van der Waals surface area contributed by atoms with E-state index in [1.165, 1.54) is 6.07 Å². The number of rotatable bonds is 9. The van der Waals surface area contributed by atoms with Gasteiger partial charge < -0.3 is 9.84 Å². The number of aliphatic hydroxyl groups is 1. The van der Waals surface area contributed by atoms with Gasteiger partial charge in [-0.05, 0) is 32.0 Å². The van der Waals surface area contributed by atoms with Crippen molar-refractivity contribution in [3.05, 3.63) is 66.0 Å². The van der Waals surface area contributed by atoms with Gasteiger partial charge in [-0.1, -0.05) is 49.4 Å². The quantitative estimate of drug-likeness (QED) is 0.573. The highest BCUT2D eigenvalue weighted by molar-refractivity contribution is 5.65. The summed E-state index contributed by atoms with van der Waals surface area (Å²) in [6, 6.07) is 16.2. The molecule has 0 amide bonds. The van der Waals surface area contributed by atoms with E-state index in [0.717, 1.165) is 29.8 Å². The molecule has 1 aromatic heterocycles. The molecule has 1 N–H and O–H groups in total. The Balaban J connectivity index is 2.05. The van der Waals surface area contributed by atoms with Crippen molar-refractivity contribution < 1.29 is 14.2 Å². The SMILES string of the molecule is CCCN(Cc1c(-c2ccccc2)nn(C)c1Oc1ccccc1F)C[C@H](C)O. The smallest absolute Gasteiger partial charge is 0.222 e. The molecule has 0 aliphatic heterocycles. The molecule has 0 aliphatic rings. The standard InChI is InChI=1S/C23H28FN3O2/c1-4-14-27(15-17(2)28)16-19-22(18-10-6-5-7-11-18)25-26(3)23(19)29-21-13-9-8-12-20(21)24/h5-13,17,28H,4,14-16H2,1-3H3/t17-/m0/s1. The van der Waals surface area contributed by atoms with Crippen LogP contribution in [-0.2, 0) is 13.6 Å². The second-order valence-corrected chi connectivity index (χ2v) is 7.24. The van der Waals surface area contributed by atoms with E-state index in [0.29, 0.717) is 19.0 Å². The summed E-state index contributed by atoms with van der Waals surface area (Å²) in [6.07, 6.45) is 0.506. The van der Waals surface area contributed by atoms with Crippen LogP contribution in [0.15, 0.2) is 54.6 Å². The third-order valence-corrected chi connectivity index (χ3v) is 4.62. The summed E-state index contributed by atoms with van der Waals surface area (Å²) >= 11 is 0. The number of hydrogen-bond acceptors (Lipinski definition) is 4. The Labute approximate surface area is 171 Å². The van der Waals surface area contributed by atoms with Gasteiger partial charge in [0.05, 0.1) is 11.7 Å². The summed E-state index contributed by atoms with van der Waals surface area (Å²) in [7, 11) is 1.80. The van der Waals surface area contributed by atoms with Crippen molar-refractivity contribution in [1.82, 2.24) is 14.7 Å². The molecule has 0 bridgehead atoms. The van der Waals surface area contributed by atoms with Gasteiger partial charge in [-0.2, -0.15) is 5.10 Å². The molecule has 0 saturated carbocycles. The number of para-hydroxylation sites is 1. The molecular formula is C23H28FN3O2. The van der Waals surface area contributed by atoms with E-state index in [-0.39, 0.29) is 5.75 Å². The number of ether oxygens (including phenoxy) is 1. The highest BCUT2D eigenvalue weighted by atomic mass is 19.1. The maximum absolute atomic E-state index is 14.2. The number of nitrogens with zero attached hydrogens (tertiary/aromatic N) is 3. The van der Waals surface area contributed by atoms with Crippen molar-refractivity contribution >= 4 is 0 Å². The lowest BCUT2D eigenvalue weighted by atomic mass is 10.1. The first-order chi connectivity index (χ1) is 14.0. The fourth-order valence-electron chi connectivity index (χ4n) is 3.43. The third kappa shape index (κ3) is 5.22. The van der Waals surface area contributed by atoms with Gasteiger partial charge in [-0.3, -0.25) is 4.90 Å².